The second-order valence-corrected chi connectivity index (χ2v) is 10.9. The molecular weight excluding hydrogens is 556 g/mol. The first kappa shape index (κ1) is 30.4. The Morgan fingerprint density at radius 2 is 1.30 bits per heavy atom. The van der Waals surface area contributed by atoms with Crippen molar-refractivity contribution in [2.24, 2.45) is 0 Å². The molecule has 0 aliphatic heterocycles. The highest BCUT2D eigenvalue weighted by molar-refractivity contribution is 6.01. The highest BCUT2D eigenvalue weighted by Gasteiger charge is 2.23. The molecule has 0 radical (unpaired) electrons. The molecule has 0 atom stereocenters. The molecule has 1 aliphatic carbocycles. The zero-order valence-corrected chi connectivity index (χ0v) is 24.4. The molecule has 1 fully saturated rings. The van der Waals surface area contributed by atoms with Crippen LogP contribution < -0.4 is 20.1 Å². The summed E-state index contributed by atoms with van der Waals surface area (Å²) in [4.78, 5) is 36.2. The lowest BCUT2D eigenvalue weighted by molar-refractivity contribution is -0.122. The van der Waals surface area contributed by atoms with Crippen molar-refractivity contribution in [3.63, 3.8) is 0 Å². The maximum atomic E-state index is 12.5. The number of hydrogen-bond acceptors (Lipinski definition) is 5. The van der Waals surface area contributed by atoms with Gasteiger partial charge in [-0.2, -0.15) is 0 Å². The van der Waals surface area contributed by atoms with E-state index in [-0.39, 0.29) is 41.6 Å². The Kier molecular flexibility index (Phi) is 10.3. The van der Waals surface area contributed by atoms with E-state index in [1.165, 1.54) is 11.6 Å². The van der Waals surface area contributed by atoms with Gasteiger partial charge in [0, 0.05) is 12.5 Å². The van der Waals surface area contributed by atoms with E-state index in [0.717, 1.165) is 43.4 Å². The summed E-state index contributed by atoms with van der Waals surface area (Å²) in [5, 5.41) is 15.1. The zero-order valence-electron chi connectivity index (χ0n) is 24.4. The molecule has 0 aromatic heterocycles. The lowest BCUT2D eigenvalue weighted by atomic mass is 9.92. The Labute approximate surface area is 257 Å². The van der Waals surface area contributed by atoms with Crippen molar-refractivity contribution < 1.29 is 29.0 Å². The first-order valence-corrected chi connectivity index (χ1v) is 14.9. The Morgan fingerprint density at radius 3 is 1.98 bits per heavy atom. The molecule has 4 aromatic carbocycles. The minimum absolute atomic E-state index is 0.0455. The summed E-state index contributed by atoms with van der Waals surface area (Å²) in [6.07, 6.45) is 5.04. The summed E-state index contributed by atoms with van der Waals surface area (Å²) in [6.45, 7) is 0. The summed E-state index contributed by atoms with van der Waals surface area (Å²) >= 11 is 0. The summed E-state index contributed by atoms with van der Waals surface area (Å²) in [6, 6.07) is 31.2. The van der Waals surface area contributed by atoms with Crippen molar-refractivity contribution in [1.82, 2.24) is 5.32 Å². The van der Waals surface area contributed by atoms with E-state index in [0.29, 0.717) is 17.9 Å². The molecule has 226 valence electrons. The summed E-state index contributed by atoms with van der Waals surface area (Å²) < 4.78 is 12.2. The van der Waals surface area contributed by atoms with E-state index in [4.69, 9.17) is 9.47 Å². The van der Waals surface area contributed by atoms with Gasteiger partial charge in [0.15, 0.2) is 0 Å². The van der Waals surface area contributed by atoms with Gasteiger partial charge in [0.2, 0.25) is 11.8 Å². The van der Waals surface area contributed by atoms with Gasteiger partial charge in [-0.05, 0) is 91.8 Å². The molecule has 3 N–H and O–H groups in total. The zero-order chi connectivity index (χ0) is 30.7. The highest BCUT2D eigenvalue weighted by atomic mass is 16.5. The van der Waals surface area contributed by atoms with Crippen molar-refractivity contribution in [2.75, 3.05) is 5.32 Å². The lowest BCUT2D eigenvalue weighted by Gasteiger charge is -2.29. The topological polar surface area (TPSA) is 114 Å². The van der Waals surface area contributed by atoms with Crippen LogP contribution in [0.3, 0.4) is 0 Å². The molecule has 0 spiro atoms. The van der Waals surface area contributed by atoms with Crippen molar-refractivity contribution in [3.05, 3.63) is 120 Å². The summed E-state index contributed by atoms with van der Waals surface area (Å²) in [7, 11) is 0. The molecule has 5 rings (SSSR count). The SMILES string of the molecule is O=C(Cc1ccc(Oc2ccc(OC3CCC(NC(=O)CCc4ccccc4)CC3)cc2)cc1)Nc1ccccc1C(=O)O. The van der Waals surface area contributed by atoms with Crippen molar-refractivity contribution in [2.45, 2.75) is 57.1 Å². The van der Waals surface area contributed by atoms with Gasteiger partial charge in [0.05, 0.1) is 23.8 Å². The third-order valence-electron chi connectivity index (χ3n) is 7.60. The minimum atomic E-state index is -1.10. The first-order valence-electron chi connectivity index (χ1n) is 14.9. The van der Waals surface area contributed by atoms with Crippen LogP contribution in [0, 0.1) is 0 Å². The fourth-order valence-corrected chi connectivity index (χ4v) is 5.28. The van der Waals surface area contributed by atoms with Crippen LogP contribution in [-0.2, 0) is 22.4 Å². The number of rotatable bonds is 12. The van der Waals surface area contributed by atoms with Crippen LogP contribution in [-0.4, -0.2) is 35.0 Å². The molecule has 4 aromatic rings. The maximum absolute atomic E-state index is 12.5. The number of nitrogens with one attached hydrogen (secondary N) is 2. The highest BCUT2D eigenvalue weighted by Crippen LogP contribution is 2.28. The number of para-hydroxylation sites is 1. The molecular formula is C36H36N2O6. The third kappa shape index (κ3) is 8.94. The Hall–Kier alpha value is -5.11. The largest absolute Gasteiger partial charge is 0.490 e. The Bertz CT molecular complexity index is 1550. The predicted molar refractivity (Wildman–Crippen MR) is 168 cm³/mol. The normalized spacial score (nSPS) is 16.0. The number of carboxylic acid groups (broad SMARTS) is 1. The molecule has 0 bridgehead atoms. The number of carbonyl (C=O) groups is 3. The number of carbonyl (C=O) groups excluding carboxylic acids is 2. The first-order chi connectivity index (χ1) is 21.4. The van der Waals surface area contributed by atoms with E-state index in [9.17, 15) is 19.5 Å². The number of ether oxygens (including phenoxy) is 2. The van der Waals surface area contributed by atoms with E-state index >= 15 is 0 Å². The van der Waals surface area contributed by atoms with Crippen LogP contribution >= 0.6 is 0 Å². The molecule has 44 heavy (non-hydrogen) atoms. The minimum Gasteiger partial charge on any atom is -0.490 e. The van der Waals surface area contributed by atoms with Gasteiger partial charge in [-0.25, -0.2) is 4.79 Å². The molecule has 0 saturated heterocycles. The number of benzene rings is 4. The predicted octanol–water partition coefficient (Wildman–Crippen LogP) is 6.80. The molecule has 0 heterocycles. The monoisotopic (exact) mass is 592 g/mol. The number of amides is 2. The number of aromatic carboxylic acids is 1. The summed E-state index contributed by atoms with van der Waals surface area (Å²) in [5.41, 5.74) is 2.26. The smallest absolute Gasteiger partial charge is 0.337 e. The van der Waals surface area contributed by atoms with E-state index in [1.807, 2.05) is 54.6 Å². The number of carboxylic acids is 1. The molecule has 0 unspecified atom stereocenters. The Balaban J connectivity index is 1.03. The van der Waals surface area contributed by atoms with Crippen LogP contribution in [0.1, 0.15) is 53.6 Å². The van der Waals surface area contributed by atoms with Gasteiger partial charge in [0.25, 0.3) is 0 Å². The standard InChI is InChI=1S/C36H36N2O6/c39-34(23-12-25-6-2-1-3-7-25)37-27-13-17-29(18-14-27)44-31-21-19-30(20-22-31)43-28-15-10-26(11-16-28)24-35(40)38-33-9-5-4-8-32(33)36(41)42/h1-11,15-16,19-22,27,29H,12-14,17-18,23-24H2,(H,37,39)(H,38,40)(H,41,42). The average Bonchev–Trinajstić information content (AvgIpc) is 3.03. The van der Waals surface area contributed by atoms with E-state index < -0.39 is 5.97 Å². The fourth-order valence-electron chi connectivity index (χ4n) is 5.28. The Morgan fingerprint density at radius 1 is 0.682 bits per heavy atom. The van der Waals surface area contributed by atoms with Gasteiger partial charge in [0.1, 0.15) is 17.2 Å². The number of anilines is 1. The maximum Gasteiger partial charge on any atom is 0.337 e. The van der Waals surface area contributed by atoms with Crippen LogP contribution in [0.4, 0.5) is 5.69 Å². The van der Waals surface area contributed by atoms with Gasteiger partial charge in [-0.3, -0.25) is 9.59 Å². The fraction of sp³-hybridized carbons (Fsp3) is 0.250. The van der Waals surface area contributed by atoms with Crippen molar-refractivity contribution >= 4 is 23.5 Å². The quantitative estimate of drug-likeness (QED) is 0.167. The molecule has 1 saturated carbocycles. The van der Waals surface area contributed by atoms with Crippen molar-refractivity contribution in [1.29, 1.82) is 0 Å². The average molecular weight is 593 g/mol. The molecule has 8 nitrogen and oxygen atoms in total. The van der Waals surface area contributed by atoms with Crippen LogP contribution in [0.5, 0.6) is 17.2 Å². The number of hydrogen-bond donors (Lipinski definition) is 3. The molecule has 1 aliphatic rings. The van der Waals surface area contributed by atoms with E-state index in [1.54, 1.807) is 42.5 Å². The number of aryl methyl sites for hydroxylation is 1. The van der Waals surface area contributed by atoms with Gasteiger partial charge >= 0.3 is 5.97 Å². The van der Waals surface area contributed by atoms with Gasteiger partial charge in [-0.15, -0.1) is 0 Å². The van der Waals surface area contributed by atoms with Gasteiger partial charge < -0.3 is 25.2 Å². The third-order valence-corrected chi connectivity index (χ3v) is 7.60. The second-order valence-electron chi connectivity index (χ2n) is 10.9. The van der Waals surface area contributed by atoms with Crippen LogP contribution in [0.25, 0.3) is 0 Å². The van der Waals surface area contributed by atoms with Crippen LogP contribution in [0.2, 0.25) is 0 Å². The molecule has 8 heteroatoms. The molecule has 2 amide bonds. The lowest BCUT2D eigenvalue weighted by Crippen LogP contribution is -2.39. The second kappa shape index (κ2) is 14.9. The van der Waals surface area contributed by atoms with Crippen LogP contribution in [0.15, 0.2) is 103 Å². The van der Waals surface area contributed by atoms with E-state index in [2.05, 4.69) is 10.6 Å². The summed E-state index contributed by atoms with van der Waals surface area (Å²) in [5.74, 6) is 0.770. The van der Waals surface area contributed by atoms with Gasteiger partial charge in [-0.1, -0.05) is 54.6 Å². The van der Waals surface area contributed by atoms with Crippen molar-refractivity contribution in [3.8, 4) is 17.2 Å².